The third-order valence-electron chi connectivity index (χ3n) is 4.23. The number of hydrogen-bond acceptors (Lipinski definition) is 3. The van der Waals surface area contributed by atoms with E-state index >= 15 is 0 Å². The molecule has 0 bridgehead atoms. The number of nitrogens with one attached hydrogen (secondary N) is 1. The van der Waals surface area contributed by atoms with Gasteiger partial charge in [0.05, 0.1) is 27.6 Å². The number of benzene rings is 3. The Balaban J connectivity index is 1.85. The number of sulfonamides is 1. The standard InChI is InChI=1S/C21H15Cl2N3O2S/c22-17-12-7-13-18(20(17)23)25-29(27,28)19-14-26(16-10-5-2-6-11-16)24-21(19)15-8-3-1-4-9-15/h1-14,25H. The van der Waals surface area contributed by atoms with Crippen molar-refractivity contribution in [2.45, 2.75) is 4.90 Å². The van der Waals surface area contributed by atoms with Gasteiger partial charge in [-0.2, -0.15) is 5.10 Å². The molecule has 0 amide bonds. The summed E-state index contributed by atoms with van der Waals surface area (Å²) in [6, 6.07) is 23.2. The van der Waals surface area contributed by atoms with Gasteiger partial charge in [-0.25, -0.2) is 13.1 Å². The molecule has 0 aliphatic rings. The molecule has 29 heavy (non-hydrogen) atoms. The topological polar surface area (TPSA) is 64.0 Å². The second-order valence-corrected chi connectivity index (χ2v) is 8.63. The molecule has 0 radical (unpaired) electrons. The largest absolute Gasteiger partial charge is 0.278 e. The van der Waals surface area contributed by atoms with E-state index in [9.17, 15) is 8.42 Å². The van der Waals surface area contributed by atoms with Crippen LogP contribution in [0, 0.1) is 0 Å². The van der Waals surface area contributed by atoms with E-state index in [-0.39, 0.29) is 20.6 Å². The molecule has 1 aromatic heterocycles. The zero-order valence-corrected chi connectivity index (χ0v) is 17.3. The molecule has 0 saturated carbocycles. The molecule has 0 saturated heterocycles. The zero-order valence-electron chi connectivity index (χ0n) is 15.0. The predicted molar refractivity (Wildman–Crippen MR) is 116 cm³/mol. The van der Waals surface area contributed by atoms with E-state index in [0.29, 0.717) is 11.3 Å². The highest BCUT2D eigenvalue weighted by Gasteiger charge is 2.25. The Morgan fingerprint density at radius 3 is 2.17 bits per heavy atom. The van der Waals surface area contributed by atoms with Crippen molar-refractivity contribution in [1.82, 2.24) is 9.78 Å². The van der Waals surface area contributed by atoms with E-state index in [1.54, 1.807) is 18.2 Å². The molecule has 0 aliphatic carbocycles. The lowest BCUT2D eigenvalue weighted by atomic mass is 10.2. The van der Waals surface area contributed by atoms with E-state index in [4.69, 9.17) is 23.2 Å². The number of rotatable bonds is 5. The van der Waals surface area contributed by atoms with Gasteiger partial charge in [0.15, 0.2) is 0 Å². The minimum atomic E-state index is -3.99. The molecular weight excluding hydrogens is 429 g/mol. The summed E-state index contributed by atoms with van der Waals surface area (Å²) in [5, 5.41) is 4.93. The summed E-state index contributed by atoms with van der Waals surface area (Å²) in [7, 11) is -3.99. The number of nitrogens with zero attached hydrogens (tertiary/aromatic N) is 2. The second-order valence-electron chi connectivity index (χ2n) is 6.19. The van der Waals surface area contributed by atoms with E-state index in [1.165, 1.54) is 10.9 Å². The molecule has 4 aromatic rings. The first-order chi connectivity index (χ1) is 14.0. The number of anilines is 1. The van der Waals surface area contributed by atoms with Gasteiger partial charge in [0.25, 0.3) is 10.0 Å². The first-order valence-corrected chi connectivity index (χ1v) is 10.9. The summed E-state index contributed by atoms with van der Waals surface area (Å²) in [6.07, 6.45) is 1.48. The highest BCUT2D eigenvalue weighted by Crippen LogP contribution is 2.33. The number of para-hydroxylation sites is 1. The molecule has 4 rings (SSSR count). The van der Waals surface area contributed by atoms with Gasteiger partial charge in [0.2, 0.25) is 0 Å². The number of hydrogen-bond donors (Lipinski definition) is 1. The Kier molecular flexibility index (Phi) is 5.32. The lowest BCUT2D eigenvalue weighted by Crippen LogP contribution is -2.13. The van der Waals surface area contributed by atoms with Crippen molar-refractivity contribution in [2.75, 3.05) is 4.72 Å². The van der Waals surface area contributed by atoms with Crippen molar-refractivity contribution in [2.24, 2.45) is 0 Å². The molecular formula is C21H15Cl2N3O2S. The molecule has 0 atom stereocenters. The van der Waals surface area contributed by atoms with E-state index in [1.807, 2.05) is 60.7 Å². The monoisotopic (exact) mass is 443 g/mol. The summed E-state index contributed by atoms with van der Waals surface area (Å²) in [4.78, 5) is 0.0311. The van der Waals surface area contributed by atoms with Gasteiger partial charge in [-0.1, -0.05) is 77.8 Å². The van der Waals surface area contributed by atoms with Crippen LogP contribution in [-0.2, 0) is 10.0 Å². The molecule has 8 heteroatoms. The summed E-state index contributed by atoms with van der Waals surface area (Å²) in [5.41, 5.74) is 1.96. The fraction of sp³-hybridized carbons (Fsp3) is 0. The van der Waals surface area contributed by atoms with Crippen LogP contribution >= 0.6 is 23.2 Å². The van der Waals surface area contributed by atoms with Crippen molar-refractivity contribution in [3.05, 3.63) is 95.1 Å². The van der Waals surface area contributed by atoms with Crippen LogP contribution in [0.15, 0.2) is 90.0 Å². The van der Waals surface area contributed by atoms with Crippen LogP contribution in [0.2, 0.25) is 10.0 Å². The zero-order chi connectivity index (χ0) is 20.4. The Morgan fingerprint density at radius 1 is 0.828 bits per heavy atom. The minimum absolute atomic E-state index is 0.0311. The van der Waals surface area contributed by atoms with Crippen molar-refractivity contribution in [1.29, 1.82) is 0 Å². The van der Waals surface area contributed by atoms with Crippen LogP contribution in [0.25, 0.3) is 16.9 Å². The Hall–Kier alpha value is -2.80. The lowest BCUT2D eigenvalue weighted by Gasteiger charge is -2.10. The van der Waals surface area contributed by atoms with E-state index < -0.39 is 10.0 Å². The molecule has 3 aromatic carbocycles. The Morgan fingerprint density at radius 2 is 1.48 bits per heavy atom. The summed E-state index contributed by atoms with van der Waals surface area (Å²) >= 11 is 12.2. The molecule has 1 heterocycles. The van der Waals surface area contributed by atoms with Crippen molar-refractivity contribution < 1.29 is 8.42 Å². The Labute approximate surface area is 178 Å². The van der Waals surface area contributed by atoms with Crippen LogP contribution in [0.3, 0.4) is 0 Å². The fourth-order valence-electron chi connectivity index (χ4n) is 2.85. The molecule has 146 valence electrons. The van der Waals surface area contributed by atoms with Crippen molar-refractivity contribution >= 4 is 38.9 Å². The average molecular weight is 444 g/mol. The van der Waals surface area contributed by atoms with Crippen molar-refractivity contribution in [3.63, 3.8) is 0 Å². The first-order valence-electron chi connectivity index (χ1n) is 8.63. The maximum absolute atomic E-state index is 13.2. The summed E-state index contributed by atoms with van der Waals surface area (Å²) < 4.78 is 30.5. The van der Waals surface area contributed by atoms with Gasteiger partial charge in [0.1, 0.15) is 10.6 Å². The van der Waals surface area contributed by atoms with Gasteiger partial charge in [-0.3, -0.25) is 4.72 Å². The van der Waals surface area contributed by atoms with E-state index in [0.717, 1.165) is 5.69 Å². The molecule has 0 spiro atoms. The Bertz CT molecular complexity index is 1260. The highest BCUT2D eigenvalue weighted by molar-refractivity contribution is 7.92. The first kappa shape index (κ1) is 19.5. The molecule has 1 N–H and O–H groups in total. The van der Waals surface area contributed by atoms with Gasteiger partial charge >= 0.3 is 0 Å². The SMILES string of the molecule is O=S(=O)(Nc1cccc(Cl)c1Cl)c1cn(-c2ccccc2)nc1-c1ccccc1. The molecule has 0 unspecified atom stereocenters. The smallest absolute Gasteiger partial charge is 0.265 e. The van der Waals surface area contributed by atoms with Gasteiger partial charge in [0, 0.05) is 5.56 Å². The van der Waals surface area contributed by atoms with Crippen LogP contribution in [-0.4, -0.2) is 18.2 Å². The van der Waals surface area contributed by atoms with Crippen molar-refractivity contribution in [3.8, 4) is 16.9 Å². The third kappa shape index (κ3) is 4.00. The summed E-state index contributed by atoms with van der Waals surface area (Å²) in [6.45, 7) is 0. The number of aromatic nitrogens is 2. The quantitative estimate of drug-likeness (QED) is 0.433. The number of halogens is 2. The van der Waals surface area contributed by atoms with Crippen LogP contribution in [0.4, 0.5) is 5.69 Å². The van der Waals surface area contributed by atoms with Gasteiger partial charge < -0.3 is 0 Å². The second kappa shape index (κ2) is 7.91. The average Bonchev–Trinajstić information content (AvgIpc) is 3.19. The minimum Gasteiger partial charge on any atom is -0.278 e. The fourth-order valence-corrected chi connectivity index (χ4v) is 4.47. The van der Waals surface area contributed by atoms with Gasteiger partial charge in [-0.05, 0) is 24.3 Å². The predicted octanol–water partition coefficient (Wildman–Crippen LogP) is 5.65. The maximum Gasteiger partial charge on any atom is 0.265 e. The van der Waals surface area contributed by atoms with Crippen LogP contribution in [0.5, 0.6) is 0 Å². The third-order valence-corrected chi connectivity index (χ3v) is 6.42. The normalized spacial score (nSPS) is 11.4. The lowest BCUT2D eigenvalue weighted by molar-refractivity contribution is 0.601. The van der Waals surface area contributed by atoms with Crippen LogP contribution < -0.4 is 4.72 Å². The van der Waals surface area contributed by atoms with Gasteiger partial charge in [-0.15, -0.1) is 0 Å². The highest BCUT2D eigenvalue weighted by atomic mass is 35.5. The molecule has 0 aliphatic heterocycles. The summed E-state index contributed by atoms with van der Waals surface area (Å²) in [5.74, 6) is 0. The maximum atomic E-state index is 13.2. The van der Waals surface area contributed by atoms with Crippen LogP contribution in [0.1, 0.15) is 0 Å². The molecule has 5 nitrogen and oxygen atoms in total. The molecule has 0 fully saturated rings. The van der Waals surface area contributed by atoms with E-state index in [2.05, 4.69) is 9.82 Å².